The second-order valence-corrected chi connectivity index (χ2v) is 11.0. The van der Waals surface area contributed by atoms with Crippen molar-refractivity contribution in [1.82, 2.24) is 0 Å². The van der Waals surface area contributed by atoms with Crippen LogP contribution in [0.5, 0.6) is 28.7 Å². The smallest absolute Gasteiger partial charge is 0.310 e. The minimum Gasteiger partial charge on any atom is -0.502 e. The Morgan fingerprint density at radius 2 is 1.57 bits per heavy atom. The van der Waals surface area contributed by atoms with Gasteiger partial charge in [0.25, 0.3) is 0 Å². The number of fused-ring (bicyclic) bond motifs is 4. The fourth-order valence-corrected chi connectivity index (χ4v) is 6.74. The highest BCUT2D eigenvalue weighted by molar-refractivity contribution is 5.79. The van der Waals surface area contributed by atoms with Gasteiger partial charge < -0.3 is 58.0 Å². The number of aliphatic hydroxyl groups is 2. The lowest BCUT2D eigenvalue weighted by atomic mass is 9.66. The molecule has 226 valence electrons. The molecule has 1 unspecified atom stereocenters. The largest absolute Gasteiger partial charge is 0.502 e. The van der Waals surface area contributed by atoms with E-state index in [-0.39, 0.29) is 37.3 Å². The van der Waals surface area contributed by atoms with Crippen LogP contribution in [0.2, 0.25) is 0 Å². The first kappa shape index (κ1) is 27.5. The van der Waals surface area contributed by atoms with Gasteiger partial charge in [-0.15, -0.1) is 0 Å². The number of aliphatic hydroxyl groups excluding tert-OH is 2. The zero-order valence-corrected chi connectivity index (χ0v) is 23.1. The first-order valence-electron chi connectivity index (χ1n) is 13.8. The molecule has 7 rings (SSSR count). The third-order valence-electron chi connectivity index (χ3n) is 8.75. The van der Waals surface area contributed by atoms with Gasteiger partial charge >= 0.3 is 5.97 Å². The van der Waals surface area contributed by atoms with Crippen LogP contribution in [-0.4, -0.2) is 92.5 Å². The average molecular weight is 589 g/mol. The van der Waals surface area contributed by atoms with E-state index < -0.39 is 66.8 Å². The minimum absolute atomic E-state index is 0.0301. The van der Waals surface area contributed by atoms with Crippen LogP contribution >= 0.6 is 0 Å². The summed E-state index contributed by atoms with van der Waals surface area (Å²) >= 11 is 0. The number of aromatic hydroxyl groups is 1. The average Bonchev–Trinajstić information content (AvgIpc) is 3.61. The van der Waals surface area contributed by atoms with Crippen molar-refractivity contribution in [3.63, 3.8) is 0 Å². The van der Waals surface area contributed by atoms with Gasteiger partial charge in [0.15, 0.2) is 35.6 Å². The Hall–Kier alpha value is -3.33. The van der Waals surface area contributed by atoms with Crippen molar-refractivity contribution < 1.29 is 62.7 Å². The summed E-state index contributed by atoms with van der Waals surface area (Å²) in [7, 11) is 2.86. The van der Waals surface area contributed by atoms with Gasteiger partial charge in [-0.2, -0.15) is 0 Å². The Balaban J connectivity index is 1.32. The normalized spacial score (nSPS) is 36.5. The molecule has 5 aliphatic rings. The zero-order chi connectivity index (χ0) is 29.3. The maximum absolute atomic E-state index is 13.4. The zero-order valence-electron chi connectivity index (χ0n) is 23.1. The maximum Gasteiger partial charge on any atom is 0.310 e. The van der Waals surface area contributed by atoms with Crippen LogP contribution in [-0.2, 0) is 28.5 Å². The van der Waals surface area contributed by atoms with Crippen molar-refractivity contribution >= 4 is 5.97 Å². The van der Waals surface area contributed by atoms with Gasteiger partial charge in [0.1, 0.15) is 24.4 Å². The number of carbonyl (C=O) groups is 1. The molecule has 3 fully saturated rings. The Bertz CT molecular complexity index is 1350. The van der Waals surface area contributed by atoms with Crippen LogP contribution in [0.3, 0.4) is 0 Å². The molecular formula is C29H32O13. The first-order chi connectivity index (χ1) is 20.3. The van der Waals surface area contributed by atoms with E-state index in [1.807, 2.05) is 0 Å². The third kappa shape index (κ3) is 4.26. The van der Waals surface area contributed by atoms with Crippen molar-refractivity contribution in [3.05, 3.63) is 41.0 Å². The molecule has 4 heterocycles. The number of hydrogen-bond acceptors (Lipinski definition) is 13. The highest BCUT2D eigenvalue weighted by atomic mass is 16.8. The molecule has 0 saturated carbocycles. The summed E-state index contributed by atoms with van der Waals surface area (Å²) in [5.74, 6) is -1.02. The summed E-state index contributed by atoms with van der Waals surface area (Å²) in [4.78, 5) is 13.4. The molecule has 2 aromatic carbocycles. The summed E-state index contributed by atoms with van der Waals surface area (Å²) in [5.41, 5.74) is 2.01. The highest BCUT2D eigenvalue weighted by Crippen LogP contribution is 2.57. The lowest BCUT2D eigenvalue weighted by Crippen LogP contribution is -2.63. The standard InChI is InChI=1S/C29H32O13/c1-11-36-9-20-27(40-11)24(31)25(32)29(41-20)42-26-14-7-17-16(38-10-39-17)6-13(14)21(22-15(26)8-37-28(22)33)12-4-18(34-2)23(30)19(5-12)35-3/h4-7,11,15,20-22,24-27,29-32H,8-10H2,1-3H3/t11-,15+,20-,21-,22+,24-,25-,26-,27?,29+/m1/s1. The monoisotopic (exact) mass is 588 g/mol. The molecule has 13 heteroatoms. The van der Waals surface area contributed by atoms with Crippen LogP contribution in [0.25, 0.3) is 0 Å². The number of methoxy groups -OCH3 is 2. The van der Waals surface area contributed by atoms with E-state index in [1.54, 1.807) is 31.2 Å². The number of cyclic esters (lactones) is 1. The molecule has 0 spiro atoms. The molecule has 4 aliphatic heterocycles. The predicted molar refractivity (Wildman–Crippen MR) is 138 cm³/mol. The number of ether oxygens (including phenoxy) is 9. The maximum atomic E-state index is 13.4. The number of phenolic OH excluding ortho intramolecular Hbond substituents is 1. The van der Waals surface area contributed by atoms with E-state index in [0.717, 1.165) is 0 Å². The molecule has 0 bridgehead atoms. The van der Waals surface area contributed by atoms with Crippen LogP contribution in [0.4, 0.5) is 0 Å². The van der Waals surface area contributed by atoms with Gasteiger partial charge in [0.05, 0.1) is 39.5 Å². The third-order valence-corrected chi connectivity index (χ3v) is 8.75. The molecule has 13 nitrogen and oxygen atoms in total. The number of benzene rings is 2. The van der Waals surface area contributed by atoms with Crippen LogP contribution in [0, 0.1) is 11.8 Å². The molecule has 3 N–H and O–H groups in total. The van der Waals surface area contributed by atoms with Crippen LogP contribution in [0.1, 0.15) is 35.6 Å². The van der Waals surface area contributed by atoms with Crippen molar-refractivity contribution in [2.45, 2.75) is 55.9 Å². The van der Waals surface area contributed by atoms with Crippen molar-refractivity contribution in [2.24, 2.45) is 11.8 Å². The lowest BCUT2D eigenvalue weighted by molar-refractivity contribution is -0.364. The number of esters is 1. The molecule has 0 radical (unpaired) electrons. The second-order valence-electron chi connectivity index (χ2n) is 11.0. The van der Waals surface area contributed by atoms with E-state index in [4.69, 9.17) is 42.6 Å². The lowest BCUT2D eigenvalue weighted by Gasteiger charge is -2.47. The number of hydrogen-bond donors (Lipinski definition) is 3. The van der Waals surface area contributed by atoms with E-state index in [2.05, 4.69) is 0 Å². The summed E-state index contributed by atoms with van der Waals surface area (Å²) in [5, 5.41) is 32.5. The van der Waals surface area contributed by atoms with Gasteiger partial charge in [-0.25, -0.2) is 0 Å². The SMILES string of the molecule is COc1cc([C@@H]2c3cc4c(cc3[C@@H](O[C@@H]3O[C@@H]5CO[C@@H](C)OC5[C@H](O)[C@H]3O)[C@H]3COC(=O)[C@H]23)OCO4)cc(OC)c1O. The molecule has 3 saturated heterocycles. The molecule has 1 aliphatic carbocycles. The molecule has 10 atom stereocenters. The van der Waals surface area contributed by atoms with Crippen molar-refractivity contribution in [1.29, 1.82) is 0 Å². The number of phenols is 1. The van der Waals surface area contributed by atoms with Gasteiger partial charge in [-0.1, -0.05) is 0 Å². The first-order valence-corrected chi connectivity index (χ1v) is 13.8. The van der Waals surface area contributed by atoms with E-state index in [1.165, 1.54) is 14.2 Å². The second kappa shape index (κ2) is 10.4. The molecular weight excluding hydrogens is 556 g/mol. The summed E-state index contributed by atoms with van der Waals surface area (Å²) in [6.45, 7) is 1.93. The summed E-state index contributed by atoms with van der Waals surface area (Å²) in [6, 6.07) is 6.93. The minimum atomic E-state index is -1.44. The fourth-order valence-electron chi connectivity index (χ4n) is 6.74. The van der Waals surface area contributed by atoms with Gasteiger partial charge in [0, 0.05) is 11.8 Å². The van der Waals surface area contributed by atoms with E-state index in [0.29, 0.717) is 28.2 Å². The molecule has 0 amide bonds. The quantitative estimate of drug-likeness (QED) is 0.430. The Morgan fingerprint density at radius 3 is 2.26 bits per heavy atom. The predicted octanol–water partition coefficient (Wildman–Crippen LogP) is 1.34. The van der Waals surface area contributed by atoms with E-state index in [9.17, 15) is 20.1 Å². The number of carbonyl (C=O) groups excluding carboxylic acids is 1. The highest BCUT2D eigenvalue weighted by Gasteiger charge is 2.56. The van der Waals surface area contributed by atoms with Gasteiger partial charge in [0.2, 0.25) is 12.5 Å². The topological polar surface area (TPSA) is 161 Å². The molecule has 42 heavy (non-hydrogen) atoms. The Morgan fingerprint density at radius 1 is 0.881 bits per heavy atom. The van der Waals surface area contributed by atoms with Crippen molar-refractivity contribution in [2.75, 3.05) is 34.2 Å². The van der Waals surface area contributed by atoms with Crippen LogP contribution in [0.15, 0.2) is 24.3 Å². The Kier molecular flexibility index (Phi) is 6.83. The molecule has 2 aromatic rings. The van der Waals surface area contributed by atoms with Crippen LogP contribution < -0.4 is 18.9 Å². The molecule has 0 aromatic heterocycles. The summed E-state index contributed by atoms with van der Waals surface area (Å²) in [6.07, 6.45) is -6.80. The van der Waals surface area contributed by atoms with Gasteiger partial charge in [-0.05, 0) is 47.9 Å². The Labute approximate surface area is 240 Å². The van der Waals surface area contributed by atoms with Crippen molar-refractivity contribution in [3.8, 4) is 28.7 Å². The van der Waals surface area contributed by atoms with Gasteiger partial charge in [-0.3, -0.25) is 4.79 Å². The fraction of sp³-hybridized carbons (Fsp3) is 0.552. The van der Waals surface area contributed by atoms with E-state index >= 15 is 0 Å². The number of rotatable bonds is 5. The summed E-state index contributed by atoms with van der Waals surface area (Å²) < 4.78 is 51.5.